The van der Waals surface area contributed by atoms with Gasteiger partial charge in [0.25, 0.3) is 5.91 Å². The fourth-order valence-electron chi connectivity index (χ4n) is 2.20. The van der Waals surface area contributed by atoms with Gasteiger partial charge in [-0.2, -0.15) is 5.10 Å². The van der Waals surface area contributed by atoms with Crippen LogP contribution in [0.2, 0.25) is 0 Å². The SMILES string of the molecule is NC(CNC(=O)c1cc(-c2ccc(Br)cc2)n[nH]1)C1CC1. The minimum absolute atomic E-state index is 0.0582. The zero-order chi connectivity index (χ0) is 14.8. The summed E-state index contributed by atoms with van der Waals surface area (Å²) in [5.74, 6) is 0.410. The maximum atomic E-state index is 12.0. The van der Waals surface area contributed by atoms with Gasteiger partial charge in [-0.25, -0.2) is 0 Å². The Balaban J connectivity index is 1.63. The summed E-state index contributed by atoms with van der Waals surface area (Å²) in [4.78, 5) is 12.0. The predicted molar refractivity (Wildman–Crippen MR) is 84.8 cm³/mol. The van der Waals surface area contributed by atoms with Crippen molar-refractivity contribution in [1.29, 1.82) is 0 Å². The van der Waals surface area contributed by atoms with E-state index in [1.165, 1.54) is 12.8 Å². The first-order valence-electron chi connectivity index (χ1n) is 6.98. The molecule has 1 aromatic heterocycles. The highest BCUT2D eigenvalue weighted by atomic mass is 79.9. The van der Waals surface area contributed by atoms with Gasteiger partial charge in [0, 0.05) is 22.6 Å². The molecular formula is C15H17BrN4O. The van der Waals surface area contributed by atoms with Crippen LogP contribution in [0.25, 0.3) is 11.3 Å². The van der Waals surface area contributed by atoms with Gasteiger partial charge in [0.2, 0.25) is 0 Å². The maximum Gasteiger partial charge on any atom is 0.269 e. The maximum absolute atomic E-state index is 12.0. The van der Waals surface area contributed by atoms with E-state index in [-0.39, 0.29) is 11.9 Å². The van der Waals surface area contributed by atoms with Gasteiger partial charge in [-0.15, -0.1) is 0 Å². The third-order valence-corrected chi connectivity index (χ3v) is 4.22. The Labute approximate surface area is 131 Å². The molecule has 4 N–H and O–H groups in total. The number of nitrogens with one attached hydrogen (secondary N) is 2. The van der Waals surface area contributed by atoms with Gasteiger partial charge in [-0.05, 0) is 37.0 Å². The number of rotatable bonds is 5. The number of carbonyl (C=O) groups excluding carboxylic acids is 1. The third-order valence-electron chi connectivity index (χ3n) is 3.69. The molecule has 110 valence electrons. The van der Waals surface area contributed by atoms with E-state index in [0.717, 1.165) is 15.7 Å². The summed E-state index contributed by atoms with van der Waals surface area (Å²) in [5, 5.41) is 9.80. The molecule has 0 aliphatic heterocycles. The average Bonchev–Trinajstić information content (AvgIpc) is 3.23. The highest BCUT2D eigenvalue weighted by Crippen LogP contribution is 2.31. The topological polar surface area (TPSA) is 83.8 Å². The molecule has 3 rings (SSSR count). The number of hydrogen-bond donors (Lipinski definition) is 3. The molecule has 1 aliphatic rings. The van der Waals surface area contributed by atoms with Gasteiger partial charge < -0.3 is 11.1 Å². The van der Waals surface area contributed by atoms with Crippen LogP contribution in [0.15, 0.2) is 34.8 Å². The van der Waals surface area contributed by atoms with Crippen molar-refractivity contribution in [1.82, 2.24) is 15.5 Å². The van der Waals surface area contributed by atoms with Gasteiger partial charge in [0.05, 0.1) is 5.69 Å². The van der Waals surface area contributed by atoms with Crippen LogP contribution in [0.5, 0.6) is 0 Å². The molecule has 1 fully saturated rings. The predicted octanol–water partition coefficient (Wildman–Crippen LogP) is 2.31. The molecule has 0 bridgehead atoms. The number of nitrogens with two attached hydrogens (primary N) is 1. The van der Waals surface area contributed by atoms with E-state index < -0.39 is 0 Å². The Morgan fingerprint density at radius 2 is 2.14 bits per heavy atom. The van der Waals surface area contributed by atoms with Crippen LogP contribution < -0.4 is 11.1 Å². The van der Waals surface area contributed by atoms with E-state index in [1.807, 2.05) is 24.3 Å². The Bertz CT molecular complexity index is 633. The molecule has 1 amide bonds. The number of aromatic nitrogens is 2. The number of amides is 1. The number of halogens is 1. The second kappa shape index (κ2) is 5.99. The van der Waals surface area contributed by atoms with Gasteiger partial charge >= 0.3 is 0 Å². The average molecular weight is 349 g/mol. The lowest BCUT2D eigenvalue weighted by Gasteiger charge is -2.10. The van der Waals surface area contributed by atoms with E-state index in [0.29, 0.717) is 18.2 Å². The minimum Gasteiger partial charge on any atom is -0.349 e. The summed E-state index contributed by atoms with van der Waals surface area (Å²) in [7, 11) is 0. The second-order valence-electron chi connectivity index (χ2n) is 5.39. The second-order valence-corrected chi connectivity index (χ2v) is 6.30. The van der Waals surface area contributed by atoms with Crippen LogP contribution in [0.1, 0.15) is 23.3 Å². The van der Waals surface area contributed by atoms with Crippen molar-refractivity contribution < 1.29 is 4.79 Å². The zero-order valence-electron chi connectivity index (χ0n) is 11.5. The van der Waals surface area contributed by atoms with Crippen LogP contribution in [0.4, 0.5) is 0 Å². The van der Waals surface area contributed by atoms with Crippen LogP contribution in [0, 0.1) is 5.92 Å². The van der Waals surface area contributed by atoms with Crippen LogP contribution in [-0.4, -0.2) is 28.7 Å². The van der Waals surface area contributed by atoms with E-state index in [1.54, 1.807) is 6.07 Å². The number of hydrogen-bond acceptors (Lipinski definition) is 3. The molecule has 1 heterocycles. The van der Waals surface area contributed by atoms with Gasteiger partial charge in [-0.3, -0.25) is 9.89 Å². The lowest BCUT2D eigenvalue weighted by Crippen LogP contribution is -2.38. The molecule has 1 unspecified atom stereocenters. The monoisotopic (exact) mass is 348 g/mol. The normalized spacial score (nSPS) is 15.7. The van der Waals surface area contributed by atoms with Crippen molar-refractivity contribution >= 4 is 21.8 Å². The first-order valence-corrected chi connectivity index (χ1v) is 7.78. The van der Waals surface area contributed by atoms with Crippen molar-refractivity contribution in [3.63, 3.8) is 0 Å². The summed E-state index contributed by atoms with van der Waals surface area (Å²) in [6.45, 7) is 0.510. The van der Waals surface area contributed by atoms with Gasteiger partial charge in [0.15, 0.2) is 0 Å². The summed E-state index contributed by atoms with van der Waals surface area (Å²) in [6.07, 6.45) is 2.35. The molecule has 1 atom stereocenters. The summed E-state index contributed by atoms with van der Waals surface area (Å²) in [6, 6.07) is 9.59. The third kappa shape index (κ3) is 3.51. The number of benzene rings is 1. The van der Waals surface area contributed by atoms with Crippen LogP contribution in [-0.2, 0) is 0 Å². The van der Waals surface area contributed by atoms with E-state index in [4.69, 9.17) is 5.73 Å². The number of carbonyl (C=O) groups is 1. The zero-order valence-corrected chi connectivity index (χ0v) is 13.1. The standard InChI is InChI=1S/C15H17BrN4O/c16-11-5-3-10(4-6-11)13-7-14(20-19-13)15(21)18-8-12(17)9-1-2-9/h3-7,9,12H,1-2,8,17H2,(H,18,21)(H,19,20). The molecule has 0 spiro atoms. The van der Waals surface area contributed by atoms with E-state index in [2.05, 4.69) is 31.4 Å². The largest absolute Gasteiger partial charge is 0.349 e. The fraction of sp³-hybridized carbons (Fsp3) is 0.333. The number of aromatic amines is 1. The first-order chi connectivity index (χ1) is 10.1. The molecular weight excluding hydrogens is 332 g/mol. The molecule has 21 heavy (non-hydrogen) atoms. The molecule has 6 heteroatoms. The lowest BCUT2D eigenvalue weighted by atomic mass is 10.1. The summed E-state index contributed by atoms with van der Waals surface area (Å²) >= 11 is 3.39. The van der Waals surface area contributed by atoms with Crippen LogP contribution >= 0.6 is 15.9 Å². The van der Waals surface area contributed by atoms with Crippen LogP contribution in [0.3, 0.4) is 0 Å². The Kier molecular flexibility index (Phi) is 4.07. The number of H-pyrrole nitrogens is 1. The van der Waals surface area contributed by atoms with E-state index in [9.17, 15) is 4.79 Å². The highest BCUT2D eigenvalue weighted by Gasteiger charge is 2.28. The Morgan fingerprint density at radius 1 is 1.43 bits per heavy atom. The first kappa shape index (κ1) is 14.3. The Hall–Kier alpha value is -1.66. The summed E-state index contributed by atoms with van der Waals surface area (Å²) < 4.78 is 1.01. The Morgan fingerprint density at radius 3 is 2.81 bits per heavy atom. The smallest absolute Gasteiger partial charge is 0.269 e. The molecule has 5 nitrogen and oxygen atoms in total. The highest BCUT2D eigenvalue weighted by molar-refractivity contribution is 9.10. The minimum atomic E-state index is -0.165. The van der Waals surface area contributed by atoms with Crippen molar-refractivity contribution in [2.24, 2.45) is 11.7 Å². The molecule has 1 saturated carbocycles. The molecule has 0 saturated heterocycles. The van der Waals surface area contributed by atoms with Crippen molar-refractivity contribution in [2.75, 3.05) is 6.54 Å². The van der Waals surface area contributed by atoms with E-state index >= 15 is 0 Å². The molecule has 1 aromatic carbocycles. The van der Waals surface area contributed by atoms with Gasteiger partial charge in [0.1, 0.15) is 5.69 Å². The lowest BCUT2D eigenvalue weighted by molar-refractivity contribution is 0.0945. The van der Waals surface area contributed by atoms with Crippen molar-refractivity contribution in [3.8, 4) is 11.3 Å². The van der Waals surface area contributed by atoms with Crippen molar-refractivity contribution in [3.05, 3.63) is 40.5 Å². The number of nitrogens with zero attached hydrogens (tertiary/aromatic N) is 1. The quantitative estimate of drug-likeness (QED) is 0.775. The summed E-state index contributed by atoms with van der Waals surface area (Å²) in [5.41, 5.74) is 8.14. The molecule has 2 aromatic rings. The fourth-order valence-corrected chi connectivity index (χ4v) is 2.47. The molecule has 0 radical (unpaired) electrons. The molecule has 1 aliphatic carbocycles. The van der Waals surface area contributed by atoms with Crippen molar-refractivity contribution in [2.45, 2.75) is 18.9 Å². The van der Waals surface area contributed by atoms with Gasteiger partial charge in [-0.1, -0.05) is 28.1 Å².